The van der Waals surface area contributed by atoms with Crippen LogP contribution in [0.2, 0.25) is 0 Å². The lowest BCUT2D eigenvalue weighted by atomic mass is 10.1. The van der Waals surface area contributed by atoms with Crippen molar-refractivity contribution in [1.29, 1.82) is 0 Å². The zero-order chi connectivity index (χ0) is 23.9. The van der Waals surface area contributed by atoms with Gasteiger partial charge in [0.25, 0.3) is 0 Å². The van der Waals surface area contributed by atoms with Crippen LogP contribution in [0.25, 0.3) is 61.3 Å². The molecule has 3 heterocycles. The van der Waals surface area contributed by atoms with E-state index in [2.05, 4.69) is 112 Å². The van der Waals surface area contributed by atoms with Crippen molar-refractivity contribution in [3.05, 3.63) is 128 Å². The number of benzene rings is 4. The molecule has 0 saturated carbocycles. The van der Waals surface area contributed by atoms with Crippen molar-refractivity contribution >= 4 is 21.9 Å². The predicted octanol–water partition coefficient (Wildman–Crippen LogP) is 7.90. The molecule has 3 aromatic heterocycles. The van der Waals surface area contributed by atoms with Gasteiger partial charge in [-0.25, -0.2) is 4.98 Å². The molecule has 0 saturated heterocycles. The van der Waals surface area contributed by atoms with Gasteiger partial charge in [0.2, 0.25) is 0 Å². The van der Waals surface area contributed by atoms with E-state index in [1.54, 1.807) is 0 Å². The molecule has 0 aliphatic carbocycles. The summed E-state index contributed by atoms with van der Waals surface area (Å²) in [6, 6.07) is 42.0. The molecule has 1 N–H and O–H groups in total. The van der Waals surface area contributed by atoms with Crippen molar-refractivity contribution in [3.8, 4) is 39.3 Å². The van der Waals surface area contributed by atoms with Gasteiger partial charge in [0.15, 0.2) is 0 Å². The molecule has 0 radical (unpaired) electrons. The van der Waals surface area contributed by atoms with Gasteiger partial charge in [0.05, 0.1) is 16.9 Å². The van der Waals surface area contributed by atoms with Crippen LogP contribution >= 0.6 is 0 Å². The third kappa shape index (κ3) is 3.39. The first-order chi connectivity index (χ1) is 17.8. The summed E-state index contributed by atoms with van der Waals surface area (Å²) < 4.78 is 2.24. The molecule has 4 nitrogen and oxygen atoms in total. The lowest BCUT2D eigenvalue weighted by Crippen LogP contribution is -1.96. The van der Waals surface area contributed by atoms with E-state index in [0.29, 0.717) is 0 Å². The molecule has 0 aliphatic rings. The second-order valence-corrected chi connectivity index (χ2v) is 8.90. The van der Waals surface area contributed by atoms with E-state index < -0.39 is 0 Å². The first kappa shape index (κ1) is 20.4. The number of aromatic amines is 1. The fourth-order valence-electron chi connectivity index (χ4n) is 4.93. The number of nitrogens with one attached hydrogen (secondary N) is 1. The quantitative estimate of drug-likeness (QED) is 0.289. The summed E-state index contributed by atoms with van der Waals surface area (Å²) in [7, 11) is 0. The Hall–Kier alpha value is -4.96. The smallest absolute Gasteiger partial charge is 0.145 e. The van der Waals surface area contributed by atoms with E-state index in [4.69, 9.17) is 4.98 Å². The topological polar surface area (TPSA) is 46.5 Å². The molecular formula is C32H22N4. The number of para-hydroxylation sites is 1. The van der Waals surface area contributed by atoms with Crippen LogP contribution in [0.4, 0.5) is 0 Å². The van der Waals surface area contributed by atoms with Gasteiger partial charge in [0.1, 0.15) is 5.65 Å². The number of aromatic nitrogens is 4. The van der Waals surface area contributed by atoms with Gasteiger partial charge >= 0.3 is 0 Å². The maximum Gasteiger partial charge on any atom is 0.145 e. The fraction of sp³-hybridized carbons (Fsp3) is 0. The van der Waals surface area contributed by atoms with Gasteiger partial charge in [-0.2, -0.15) is 5.10 Å². The summed E-state index contributed by atoms with van der Waals surface area (Å²) in [5.41, 5.74) is 9.50. The van der Waals surface area contributed by atoms with Crippen molar-refractivity contribution in [2.45, 2.75) is 0 Å². The average Bonchev–Trinajstić information content (AvgIpc) is 3.58. The fourth-order valence-corrected chi connectivity index (χ4v) is 4.93. The number of H-pyrrole nitrogens is 1. The minimum absolute atomic E-state index is 0.913. The van der Waals surface area contributed by atoms with Gasteiger partial charge in [-0.3, -0.25) is 9.67 Å². The standard InChI is InChI=1S/C32H22N4/c1-3-10-22(11-4-1)25-19-28-27-16-7-8-17-31(27)36(32(28)33-21-25)26-15-9-14-24(18-26)30-20-29(34-35-30)23-12-5-2-6-13-23/h1-21H,(H,34,35). The van der Waals surface area contributed by atoms with Crippen LogP contribution in [-0.2, 0) is 0 Å². The van der Waals surface area contributed by atoms with Gasteiger partial charge < -0.3 is 0 Å². The lowest BCUT2D eigenvalue weighted by Gasteiger charge is -2.09. The number of rotatable bonds is 4. The van der Waals surface area contributed by atoms with Gasteiger partial charge in [0, 0.05) is 33.8 Å². The van der Waals surface area contributed by atoms with Gasteiger partial charge in [-0.1, -0.05) is 91.0 Å². The molecule has 0 spiro atoms. The third-order valence-corrected chi connectivity index (χ3v) is 6.68. The zero-order valence-corrected chi connectivity index (χ0v) is 19.5. The highest BCUT2D eigenvalue weighted by Gasteiger charge is 2.15. The monoisotopic (exact) mass is 462 g/mol. The average molecular weight is 463 g/mol. The number of fused-ring (bicyclic) bond motifs is 3. The molecule has 36 heavy (non-hydrogen) atoms. The first-order valence-corrected chi connectivity index (χ1v) is 12.0. The Morgan fingerprint density at radius 2 is 1.28 bits per heavy atom. The number of nitrogens with zero attached hydrogens (tertiary/aromatic N) is 3. The van der Waals surface area contributed by atoms with E-state index in [1.165, 1.54) is 10.9 Å². The van der Waals surface area contributed by atoms with Gasteiger partial charge in [-0.05, 0) is 41.5 Å². The Balaban J connectivity index is 1.37. The van der Waals surface area contributed by atoms with Crippen molar-refractivity contribution in [2.24, 2.45) is 0 Å². The van der Waals surface area contributed by atoms with Crippen molar-refractivity contribution < 1.29 is 0 Å². The summed E-state index contributed by atoms with van der Waals surface area (Å²) in [5, 5.41) is 10.1. The Morgan fingerprint density at radius 1 is 0.556 bits per heavy atom. The summed E-state index contributed by atoms with van der Waals surface area (Å²) in [6.45, 7) is 0. The normalized spacial score (nSPS) is 11.3. The molecule has 170 valence electrons. The van der Waals surface area contributed by atoms with E-state index in [9.17, 15) is 0 Å². The maximum atomic E-state index is 4.96. The van der Waals surface area contributed by atoms with E-state index in [1.807, 2.05) is 30.5 Å². The second kappa shape index (κ2) is 8.36. The largest absolute Gasteiger partial charge is 0.294 e. The lowest BCUT2D eigenvalue weighted by molar-refractivity contribution is 1.10. The number of pyridine rings is 1. The molecular weight excluding hydrogens is 440 g/mol. The maximum absolute atomic E-state index is 4.96. The van der Waals surface area contributed by atoms with E-state index in [-0.39, 0.29) is 0 Å². The summed E-state index contributed by atoms with van der Waals surface area (Å²) in [5.74, 6) is 0. The van der Waals surface area contributed by atoms with Crippen LogP contribution in [0.3, 0.4) is 0 Å². The SMILES string of the molecule is c1ccc(-c2cnc3c(c2)c2ccccc2n3-c2cccc(-c3cc(-c4ccccc4)[nH]n3)c2)cc1. The molecule has 0 fully saturated rings. The van der Waals surface area contributed by atoms with Crippen molar-refractivity contribution in [3.63, 3.8) is 0 Å². The van der Waals surface area contributed by atoms with E-state index in [0.717, 1.165) is 50.3 Å². The number of hydrogen-bond acceptors (Lipinski definition) is 2. The van der Waals surface area contributed by atoms with Crippen LogP contribution in [0, 0.1) is 0 Å². The highest BCUT2D eigenvalue weighted by atomic mass is 15.1. The highest BCUT2D eigenvalue weighted by Crippen LogP contribution is 2.34. The molecule has 4 heteroatoms. The van der Waals surface area contributed by atoms with Crippen molar-refractivity contribution in [1.82, 2.24) is 19.7 Å². The molecule has 7 aromatic rings. The second-order valence-electron chi connectivity index (χ2n) is 8.90. The summed E-state index contributed by atoms with van der Waals surface area (Å²) in [4.78, 5) is 4.96. The van der Waals surface area contributed by atoms with Crippen LogP contribution in [0.15, 0.2) is 128 Å². The summed E-state index contributed by atoms with van der Waals surface area (Å²) in [6.07, 6.45) is 1.97. The number of hydrogen-bond donors (Lipinski definition) is 1. The molecule has 0 amide bonds. The minimum Gasteiger partial charge on any atom is -0.294 e. The predicted molar refractivity (Wildman–Crippen MR) is 147 cm³/mol. The molecule has 7 rings (SSSR count). The van der Waals surface area contributed by atoms with Crippen LogP contribution < -0.4 is 0 Å². The molecule has 0 aliphatic heterocycles. The Bertz CT molecular complexity index is 1830. The summed E-state index contributed by atoms with van der Waals surface area (Å²) >= 11 is 0. The van der Waals surface area contributed by atoms with Crippen LogP contribution in [0.5, 0.6) is 0 Å². The molecule has 0 bridgehead atoms. The van der Waals surface area contributed by atoms with Gasteiger partial charge in [-0.15, -0.1) is 0 Å². The Labute approximate surface area is 208 Å². The van der Waals surface area contributed by atoms with E-state index >= 15 is 0 Å². The highest BCUT2D eigenvalue weighted by molar-refractivity contribution is 6.09. The van der Waals surface area contributed by atoms with Crippen LogP contribution in [-0.4, -0.2) is 19.7 Å². The Morgan fingerprint density at radius 3 is 2.11 bits per heavy atom. The first-order valence-electron chi connectivity index (χ1n) is 12.0. The molecule has 0 unspecified atom stereocenters. The molecule has 0 atom stereocenters. The zero-order valence-electron chi connectivity index (χ0n) is 19.5. The van der Waals surface area contributed by atoms with Crippen molar-refractivity contribution in [2.75, 3.05) is 0 Å². The minimum atomic E-state index is 0.913. The molecule has 4 aromatic carbocycles. The van der Waals surface area contributed by atoms with Crippen LogP contribution in [0.1, 0.15) is 0 Å². The Kier molecular flexibility index (Phi) is 4.74. The third-order valence-electron chi connectivity index (χ3n) is 6.68.